The van der Waals surface area contributed by atoms with Gasteiger partial charge in [-0.3, -0.25) is 0 Å². The number of carboxylic acid groups (broad SMARTS) is 1. The summed E-state index contributed by atoms with van der Waals surface area (Å²) in [4.78, 5) is 10.00. The second-order valence-corrected chi connectivity index (χ2v) is 1.92. The van der Waals surface area contributed by atoms with Crippen LogP contribution in [0, 0.1) is 11.8 Å². The van der Waals surface area contributed by atoms with Gasteiger partial charge in [0.15, 0.2) is 0 Å². The first-order valence-corrected chi connectivity index (χ1v) is 3.09. The Hall–Kier alpha value is -1.46. The number of carbonyl (C=O) groups is 1. The van der Waals surface area contributed by atoms with Crippen LogP contribution < -0.4 is 0 Å². The van der Waals surface area contributed by atoms with Gasteiger partial charge in [-0.1, -0.05) is 24.1 Å². The van der Waals surface area contributed by atoms with Crippen molar-refractivity contribution in [2.45, 2.75) is 0 Å². The SMILES string of the molecule is Cl.O=C(O)C#Cc1ccccc1. The summed E-state index contributed by atoms with van der Waals surface area (Å²) in [5.41, 5.74) is 0.718. The second-order valence-electron chi connectivity index (χ2n) is 1.92. The van der Waals surface area contributed by atoms with Gasteiger partial charge in [-0.25, -0.2) is 4.79 Å². The summed E-state index contributed by atoms with van der Waals surface area (Å²) in [6.45, 7) is 0. The van der Waals surface area contributed by atoms with Crippen LogP contribution in [0.4, 0.5) is 0 Å². The topological polar surface area (TPSA) is 37.3 Å². The van der Waals surface area contributed by atoms with Gasteiger partial charge >= 0.3 is 5.97 Å². The van der Waals surface area contributed by atoms with Crippen LogP contribution in [0.15, 0.2) is 30.3 Å². The summed E-state index contributed by atoms with van der Waals surface area (Å²) in [5, 5.41) is 8.20. The van der Waals surface area contributed by atoms with Crippen molar-refractivity contribution < 1.29 is 9.90 Å². The highest BCUT2D eigenvalue weighted by molar-refractivity contribution is 5.87. The smallest absolute Gasteiger partial charge is 0.382 e. The summed E-state index contributed by atoms with van der Waals surface area (Å²) in [6, 6.07) is 9.00. The molecule has 2 nitrogen and oxygen atoms in total. The van der Waals surface area contributed by atoms with Gasteiger partial charge in [0.25, 0.3) is 0 Å². The molecule has 3 heteroatoms. The molecule has 0 unspecified atom stereocenters. The Morgan fingerprint density at radius 3 is 2.33 bits per heavy atom. The van der Waals surface area contributed by atoms with Gasteiger partial charge in [0, 0.05) is 11.5 Å². The third kappa shape index (κ3) is 3.65. The van der Waals surface area contributed by atoms with Crippen molar-refractivity contribution in [1.82, 2.24) is 0 Å². The van der Waals surface area contributed by atoms with Gasteiger partial charge < -0.3 is 5.11 Å². The van der Waals surface area contributed by atoms with E-state index in [4.69, 9.17) is 5.11 Å². The van der Waals surface area contributed by atoms with Crippen LogP contribution in [-0.2, 0) is 4.79 Å². The number of hydrogen-bond acceptors (Lipinski definition) is 1. The van der Waals surface area contributed by atoms with E-state index in [9.17, 15) is 4.79 Å². The Labute approximate surface area is 76.6 Å². The van der Waals surface area contributed by atoms with Gasteiger partial charge in [0.1, 0.15) is 0 Å². The van der Waals surface area contributed by atoms with Crippen molar-refractivity contribution in [2.75, 3.05) is 0 Å². The highest BCUT2D eigenvalue weighted by Gasteiger charge is 1.84. The number of carboxylic acids is 1. The lowest BCUT2D eigenvalue weighted by atomic mass is 10.2. The largest absolute Gasteiger partial charge is 0.472 e. The maximum atomic E-state index is 10.00. The summed E-state index contributed by atoms with van der Waals surface area (Å²) < 4.78 is 0. The predicted molar refractivity (Wildman–Crippen MR) is 48.2 cm³/mol. The minimum absolute atomic E-state index is 0. The molecule has 0 aromatic heterocycles. The Kier molecular flexibility index (Phi) is 4.59. The molecule has 0 aliphatic heterocycles. The fourth-order valence-corrected chi connectivity index (χ4v) is 0.647. The number of hydrogen-bond donors (Lipinski definition) is 1. The molecule has 0 fully saturated rings. The predicted octanol–water partition coefficient (Wildman–Crippen LogP) is 1.54. The molecule has 0 spiro atoms. The molecule has 12 heavy (non-hydrogen) atoms. The molecule has 0 saturated heterocycles. The molecule has 1 aromatic carbocycles. The van der Waals surface area contributed by atoms with Gasteiger partial charge in [-0.05, 0) is 12.1 Å². The highest BCUT2D eigenvalue weighted by atomic mass is 35.5. The molecule has 0 heterocycles. The average molecular weight is 183 g/mol. The van der Waals surface area contributed by atoms with Crippen molar-refractivity contribution >= 4 is 18.4 Å². The summed E-state index contributed by atoms with van der Waals surface area (Å²) >= 11 is 0. The van der Waals surface area contributed by atoms with Crippen LogP contribution in [0.2, 0.25) is 0 Å². The van der Waals surface area contributed by atoms with Crippen LogP contribution in [0.1, 0.15) is 5.56 Å². The average Bonchev–Trinajstić information content (AvgIpc) is 2.03. The van der Waals surface area contributed by atoms with Crippen molar-refractivity contribution in [1.29, 1.82) is 0 Å². The molecule has 0 saturated carbocycles. The lowest BCUT2D eigenvalue weighted by Crippen LogP contribution is -1.86. The van der Waals surface area contributed by atoms with E-state index in [-0.39, 0.29) is 12.4 Å². The highest BCUT2D eigenvalue weighted by Crippen LogP contribution is 1.93. The van der Waals surface area contributed by atoms with E-state index in [1.165, 1.54) is 0 Å². The van der Waals surface area contributed by atoms with E-state index in [0.717, 1.165) is 5.56 Å². The lowest BCUT2D eigenvalue weighted by Gasteiger charge is -1.83. The number of rotatable bonds is 0. The van der Waals surface area contributed by atoms with Gasteiger partial charge in [-0.2, -0.15) is 0 Å². The second kappa shape index (κ2) is 5.22. The minimum atomic E-state index is -1.10. The Bertz CT molecular complexity index is 308. The Morgan fingerprint density at radius 1 is 1.25 bits per heavy atom. The molecule has 0 radical (unpaired) electrons. The van der Waals surface area contributed by atoms with Crippen molar-refractivity contribution in [3.05, 3.63) is 35.9 Å². The molecule has 0 aliphatic carbocycles. The first-order chi connectivity index (χ1) is 5.29. The van der Waals surface area contributed by atoms with E-state index in [1.54, 1.807) is 12.1 Å². The Morgan fingerprint density at radius 2 is 1.83 bits per heavy atom. The fraction of sp³-hybridized carbons (Fsp3) is 0. The van der Waals surface area contributed by atoms with Gasteiger partial charge in [-0.15, -0.1) is 12.4 Å². The van der Waals surface area contributed by atoms with Crippen LogP contribution in [0.3, 0.4) is 0 Å². The maximum Gasteiger partial charge on any atom is 0.382 e. The van der Waals surface area contributed by atoms with Crippen LogP contribution in [0.25, 0.3) is 0 Å². The number of halogens is 1. The normalized spacial score (nSPS) is 7.33. The maximum absolute atomic E-state index is 10.00. The molecule has 0 bridgehead atoms. The Balaban J connectivity index is 0.00000121. The zero-order chi connectivity index (χ0) is 8.10. The first-order valence-electron chi connectivity index (χ1n) is 3.09. The van der Waals surface area contributed by atoms with E-state index in [0.29, 0.717) is 0 Å². The van der Waals surface area contributed by atoms with Crippen LogP contribution in [0.5, 0.6) is 0 Å². The zero-order valence-electron chi connectivity index (χ0n) is 6.15. The summed E-state index contributed by atoms with van der Waals surface area (Å²) in [7, 11) is 0. The number of aliphatic carboxylic acids is 1. The lowest BCUT2D eigenvalue weighted by molar-refractivity contribution is -0.130. The zero-order valence-corrected chi connectivity index (χ0v) is 6.97. The van der Waals surface area contributed by atoms with Gasteiger partial charge in [0.2, 0.25) is 0 Å². The molecule has 1 aromatic rings. The quantitative estimate of drug-likeness (QED) is 0.618. The van der Waals surface area contributed by atoms with Crippen LogP contribution >= 0.6 is 12.4 Å². The monoisotopic (exact) mass is 182 g/mol. The molecular weight excluding hydrogens is 176 g/mol. The minimum Gasteiger partial charge on any atom is -0.472 e. The van der Waals surface area contributed by atoms with Crippen LogP contribution in [-0.4, -0.2) is 11.1 Å². The molecule has 62 valence electrons. The third-order valence-corrected chi connectivity index (χ3v) is 1.09. The summed E-state index contributed by atoms with van der Waals surface area (Å²) in [5.74, 6) is 3.42. The van der Waals surface area contributed by atoms with Crippen molar-refractivity contribution in [3.63, 3.8) is 0 Å². The van der Waals surface area contributed by atoms with E-state index >= 15 is 0 Å². The van der Waals surface area contributed by atoms with E-state index in [2.05, 4.69) is 5.92 Å². The molecule has 1 N–H and O–H groups in total. The number of benzene rings is 1. The van der Waals surface area contributed by atoms with Crippen molar-refractivity contribution in [3.8, 4) is 11.8 Å². The molecule has 0 atom stereocenters. The van der Waals surface area contributed by atoms with E-state index < -0.39 is 5.97 Å². The summed E-state index contributed by atoms with van der Waals surface area (Å²) in [6.07, 6.45) is 0. The van der Waals surface area contributed by atoms with Crippen molar-refractivity contribution in [2.24, 2.45) is 0 Å². The van der Waals surface area contributed by atoms with Gasteiger partial charge in [0.05, 0.1) is 0 Å². The van der Waals surface area contributed by atoms with E-state index in [1.807, 2.05) is 24.1 Å². The third-order valence-electron chi connectivity index (χ3n) is 1.09. The molecule has 0 amide bonds. The standard InChI is InChI=1S/C9H6O2.ClH/c10-9(11)7-6-8-4-2-1-3-5-8;/h1-5H,(H,10,11);1H. The first kappa shape index (κ1) is 10.5. The molecule has 1 rings (SSSR count). The fourth-order valence-electron chi connectivity index (χ4n) is 0.647. The molecular formula is C9H7ClO2. The molecule has 0 aliphatic rings.